The van der Waals surface area contributed by atoms with Crippen LogP contribution in [-0.2, 0) is 6.61 Å². The number of ether oxygens (including phenoxy) is 1. The van der Waals surface area contributed by atoms with Crippen LogP contribution in [0, 0.1) is 10.1 Å². The van der Waals surface area contributed by atoms with Crippen molar-refractivity contribution < 1.29 is 19.2 Å². The molecule has 0 unspecified atom stereocenters. The van der Waals surface area contributed by atoms with Gasteiger partial charge in [-0.3, -0.25) is 14.9 Å². The highest BCUT2D eigenvalue weighted by molar-refractivity contribution is 5.82. The third-order valence-corrected chi connectivity index (χ3v) is 4.43. The van der Waals surface area contributed by atoms with Gasteiger partial charge in [-0.05, 0) is 29.8 Å². The van der Waals surface area contributed by atoms with Gasteiger partial charge in [-0.2, -0.15) is 0 Å². The second kappa shape index (κ2) is 7.47. The number of aromatic hydroxyl groups is 1. The Morgan fingerprint density at radius 2 is 1.72 bits per heavy atom. The van der Waals surface area contributed by atoms with Crippen molar-refractivity contribution in [3.8, 4) is 22.8 Å². The van der Waals surface area contributed by atoms with Gasteiger partial charge in [0.25, 0.3) is 0 Å². The zero-order chi connectivity index (χ0) is 20.4. The molecule has 4 aromatic rings. The lowest BCUT2D eigenvalue weighted by Crippen LogP contribution is -2.03. The molecule has 0 aliphatic rings. The van der Waals surface area contributed by atoms with Crippen molar-refractivity contribution in [3.63, 3.8) is 0 Å². The average molecular weight is 389 g/mol. The fourth-order valence-electron chi connectivity index (χ4n) is 2.98. The van der Waals surface area contributed by atoms with E-state index in [-0.39, 0.29) is 29.2 Å². The normalized spacial score (nSPS) is 10.8. The molecule has 0 bridgehead atoms. The van der Waals surface area contributed by atoms with Crippen LogP contribution in [0.3, 0.4) is 0 Å². The molecule has 0 aliphatic carbocycles. The highest BCUT2D eigenvalue weighted by Crippen LogP contribution is 2.36. The minimum atomic E-state index is -0.577. The maximum Gasteiger partial charge on any atom is 0.310 e. The van der Waals surface area contributed by atoms with E-state index in [4.69, 9.17) is 9.15 Å². The summed E-state index contributed by atoms with van der Waals surface area (Å²) in [7, 11) is 0. The lowest BCUT2D eigenvalue weighted by Gasteiger charge is -2.10. The Labute approximate surface area is 164 Å². The summed E-state index contributed by atoms with van der Waals surface area (Å²) in [5, 5.41) is 22.0. The Bertz CT molecular complexity index is 1260. The Kier molecular flexibility index (Phi) is 4.70. The van der Waals surface area contributed by atoms with E-state index in [1.807, 2.05) is 30.3 Å². The molecule has 7 nitrogen and oxygen atoms in total. The van der Waals surface area contributed by atoms with Crippen molar-refractivity contribution in [2.24, 2.45) is 0 Å². The SMILES string of the molecule is O=c1c(O)c(-c2ccc([N+](=O)[O-])c(OCc3ccccc3)c2)oc2ccccc12. The van der Waals surface area contributed by atoms with Gasteiger partial charge in [-0.25, -0.2) is 0 Å². The first kappa shape index (κ1) is 18.2. The molecule has 3 aromatic carbocycles. The molecule has 0 amide bonds. The van der Waals surface area contributed by atoms with Crippen molar-refractivity contribution in [3.05, 3.63) is 98.7 Å². The van der Waals surface area contributed by atoms with Crippen LogP contribution in [-0.4, -0.2) is 10.0 Å². The summed E-state index contributed by atoms with van der Waals surface area (Å²) in [6.07, 6.45) is 0. The topological polar surface area (TPSA) is 103 Å². The van der Waals surface area contributed by atoms with Gasteiger partial charge >= 0.3 is 5.69 Å². The smallest absolute Gasteiger partial charge is 0.310 e. The molecule has 1 aromatic heterocycles. The summed E-state index contributed by atoms with van der Waals surface area (Å²) in [6.45, 7) is 0.124. The minimum Gasteiger partial charge on any atom is -0.502 e. The Morgan fingerprint density at radius 1 is 1.00 bits per heavy atom. The quantitative estimate of drug-likeness (QED) is 0.394. The largest absolute Gasteiger partial charge is 0.502 e. The second-order valence-corrected chi connectivity index (χ2v) is 6.32. The minimum absolute atomic E-state index is 0.00607. The van der Waals surface area contributed by atoms with Gasteiger partial charge in [0.1, 0.15) is 12.2 Å². The van der Waals surface area contributed by atoms with Gasteiger partial charge in [-0.15, -0.1) is 0 Å². The summed E-state index contributed by atoms with van der Waals surface area (Å²) in [4.78, 5) is 23.3. The maximum absolute atomic E-state index is 12.4. The lowest BCUT2D eigenvalue weighted by molar-refractivity contribution is -0.385. The van der Waals surface area contributed by atoms with E-state index in [9.17, 15) is 20.0 Å². The zero-order valence-electron chi connectivity index (χ0n) is 15.1. The second-order valence-electron chi connectivity index (χ2n) is 6.32. The number of nitrogens with zero attached hydrogens (tertiary/aromatic N) is 1. The van der Waals surface area contributed by atoms with Crippen LogP contribution in [0.15, 0.2) is 82.0 Å². The van der Waals surface area contributed by atoms with Gasteiger partial charge in [0.2, 0.25) is 11.2 Å². The molecule has 7 heteroatoms. The molecule has 0 saturated carbocycles. The summed E-state index contributed by atoms with van der Waals surface area (Å²) < 4.78 is 11.4. The van der Waals surface area contributed by atoms with Gasteiger partial charge in [0, 0.05) is 11.6 Å². The van der Waals surface area contributed by atoms with Crippen LogP contribution in [0.25, 0.3) is 22.3 Å². The standard InChI is InChI=1S/C22H15NO6/c24-20-16-8-4-5-9-18(16)29-22(21(20)25)15-10-11-17(23(26)27)19(12-15)28-13-14-6-2-1-3-7-14/h1-12,25H,13H2. The third kappa shape index (κ3) is 3.53. The monoisotopic (exact) mass is 389 g/mol. The van der Waals surface area contributed by atoms with Crippen molar-refractivity contribution in [1.29, 1.82) is 0 Å². The van der Waals surface area contributed by atoms with E-state index in [1.165, 1.54) is 18.2 Å². The molecule has 0 saturated heterocycles. The van der Waals surface area contributed by atoms with Gasteiger partial charge in [0.15, 0.2) is 11.5 Å². The number of benzene rings is 3. The molecule has 0 spiro atoms. The zero-order valence-corrected chi connectivity index (χ0v) is 15.1. The van der Waals surface area contributed by atoms with Crippen LogP contribution in [0.4, 0.5) is 5.69 Å². The number of para-hydroxylation sites is 1. The predicted octanol–water partition coefficient (Wildman–Crippen LogP) is 4.65. The van der Waals surface area contributed by atoms with Crippen LogP contribution >= 0.6 is 0 Å². The highest BCUT2D eigenvalue weighted by Gasteiger charge is 2.21. The van der Waals surface area contributed by atoms with Crippen LogP contribution in [0.1, 0.15) is 5.56 Å². The lowest BCUT2D eigenvalue weighted by atomic mass is 10.1. The van der Waals surface area contributed by atoms with E-state index >= 15 is 0 Å². The van der Waals surface area contributed by atoms with Gasteiger partial charge in [-0.1, -0.05) is 42.5 Å². The van der Waals surface area contributed by atoms with Crippen molar-refractivity contribution >= 4 is 16.7 Å². The van der Waals surface area contributed by atoms with E-state index in [0.29, 0.717) is 11.1 Å². The van der Waals surface area contributed by atoms with Crippen molar-refractivity contribution in [2.45, 2.75) is 6.61 Å². The van der Waals surface area contributed by atoms with E-state index in [1.54, 1.807) is 24.3 Å². The number of hydrogen-bond donors (Lipinski definition) is 1. The predicted molar refractivity (Wildman–Crippen MR) is 107 cm³/mol. The number of nitro groups is 1. The molecular weight excluding hydrogens is 374 g/mol. The van der Waals surface area contributed by atoms with Crippen LogP contribution < -0.4 is 10.2 Å². The summed E-state index contributed by atoms with van der Waals surface area (Å²) in [5.74, 6) is -0.633. The Hall–Kier alpha value is -4.13. The Balaban J connectivity index is 1.79. The van der Waals surface area contributed by atoms with Crippen molar-refractivity contribution in [1.82, 2.24) is 0 Å². The molecule has 1 N–H and O–H groups in total. The first-order valence-corrected chi connectivity index (χ1v) is 8.75. The third-order valence-electron chi connectivity index (χ3n) is 4.43. The summed E-state index contributed by atoms with van der Waals surface area (Å²) >= 11 is 0. The molecule has 0 fully saturated rings. The molecule has 0 aliphatic heterocycles. The van der Waals surface area contributed by atoms with E-state index in [0.717, 1.165) is 5.56 Å². The molecule has 0 atom stereocenters. The number of rotatable bonds is 5. The first-order chi connectivity index (χ1) is 14.0. The molecule has 4 rings (SSSR count). The number of hydrogen-bond acceptors (Lipinski definition) is 6. The van der Waals surface area contributed by atoms with E-state index in [2.05, 4.69) is 0 Å². The van der Waals surface area contributed by atoms with E-state index < -0.39 is 16.1 Å². The van der Waals surface area contributed by atoms with Crippen LogP contribution in [0.5, 0.6) is 11.5 Å². The molecule has 1 heterocycles. The Morgan fingerprint density at radius 3 is 2.48 bits per heavy atom. The summed E-state index contributed by atoms with van der Waals surface area (Å²) in [5.41, 5.74) is 0.626. The first-order valence-electron chi connectivity index (χ1n) is 8.75. The number of nitro benzene ring substituents is 1. The highest BCUT2D eigenvalue weighted by atomic mass is 16.6. The van der Waals surface area contributed by atoms with Crippen LogP contribution in [0.2, 0.25) is 0 Å². The maximum atomic E-state index is 12.4. The fourth-order valence-corrected chi connectivity index (χ4v) is 2.98. The van der Waals surface area contributed by atoms with Gasteiger partial charge in [0.05, 0.1) is 10.3 Å². The van der Waals surface area contributed by atoms with Gasteiger partial charge < -0.3 is 14.3 Å². The number of fused-ring (bicyclic) bond motifs is 1. The summed E-state index contributed by atoms with van der Waals surface area (Å²) in [6, 6.07) is 19.8. The van der Waals surface area contributed by atoms with Crippen molar-refractivity contribution in [2.75, 3.05) is 0 Å². The molecule has 0 radical (unpaired) electrons. The molecular formula is C22H15NO6. The molecule has 29 heavy (non-hydrogen) atoms. The average Bonchev–Trinajstić information content (AvgIpc) is 2.75. The fraction of sp³-hybridized carbons (Fsp3) is 0.0455. The molecule has 144 valence electrons.